The number of azo groups is 1. The molecule has 0 aliphatic rings. The molecule has 6 nitrogen and oxygen atoms in total. The molecule has 2 N–H and O–H groups in total. The monoisotopic (exact) mass is 250 g/mol. The standard InChI is InChI=1S/C12H18N4O2/c1-5-9(15-13-3)11(17)7-8-12(18)10(6-2)16-14-4/h5-8,13,15H,1-4H3/b8-7?,9-5+,10-6+,16-14?. The predicted molar refractivity (Wildman–Crippen MR) is 69.6 cm³/mol. The second kappa shape index (κ2) is 9.00. The molecular weight excluding hydrogens is 232 g/mol. The number of hydrogen-bond donors (Lipinski definition) is 2. The maximum absolute atomic E-state index is 11.7. The zero-order valence-corrected chi connectivity index (χ0v) is 11.0. The molecule has 0 radical (unpaired) electrons. The van der Waals surface area contributed by atoms with Crippen LogP contribution < -0.4 is 10.9 Å². The summed E-state index contributed by atoms with van der Waals surface area (Å²) >= 11 is 0. The maximum Gasteiger partial charge on any atom is 0.205 e. The Labute approximate surface area is 107 Å². The van der Waals surface area contributed by atoms with Gasteiger partial charge in [-0.15, -0.1) is 0 Å². The summed E-state index contributed by atoms with van der Waals surface area (Å²) in [6, 6.07) is 0. The number of nitrogens with zero attached hydrogens (tertiary/aromatic N) is 2. The van der Waals surface area contributed by atoms with Gasteiger partial charge in [0.15, 0.2) is 0 Å². The van der Waals surface area contributed by atoms with Gasteiger partial charge in [0, 0.05) is 14.1 Å². The first-order valence-electron chi connectivity index (χ1n) is 5.42. The fourth-order valence-electron chi connectivity index (χ4n) is 1.09. The summed E-state index contributed by atoms with van der Waals surface area (Å²) in [4.78, 5) is 23.3. The number of hydrazine groups is 1. The van der Waals surface area contributed by atoms with Crippen molar-refractivity contribution < 1.29 is 9.59 Å². The molecule has 0 aromatic rings. The van der Waals surface area contributed by atoms with Crippen LogP contribution in [0.2, 0.25) is 0 Å². The molecule has 0 aliphatic carbocycles. The van der Waals surface area contributed by atoms with E-state index < -0.39 is 0 Å². The highest BCUT2D eigenvalue weighted by molar-refractivity contribution is 6.10. The van der Waals surface area contributed by atoms with Crippen molar-refractivity contribution in [3.63, 3.8) is 0 Å². The van der Waals surface area contributed by atoms with Crippen molar-refractivity contribution in [3.05, 3.63) is 35.7 Å². The largest absolute Gasteiger partial charge is 0.319 e. The Bertz CT molecular complexity index is 420. The molecule has 0 aliphatic heterocycles. The van der Waals surface area contributed by atoms with Gasteiger partial charge in [0.25, 0.3) is 0 Å². The number of ketones is 2. The number of allylic oxidation sites excluding steroid dienone is 4. The molecule has 0 spiro atoms. The average Bonchev–Trinajstić information content (AvgIpc) is 2.38. The number of nitrogens with one attached hydrogen (secondary N) is 2. The third kappa shape index (κ3) is 5.31. The Morgan fingerprint density at radius 3 is 2.11 bits per heavy atom. The van der Waals surface area contributed by atoms with Gasteiger partial charge < -0.3 is 5.43 Å². The summed E-state index contributed by atoms with van der Waals surface area (Å²) in [5.41, 5.74) is 5.87. The highest BCUT2D eigenvalue weighted by Crippen LogP contribution is 2.01. The smallest absolute Gasteiger partial charge is 0.205 e. The van der Waals surface area contributed by atoms with Gasteiger partial charge in [0.2, 0.25) is 11.6 Å². The third-order valence-electron chi connectivity index (χ3n) is 1.93. The van der Waals surface area contributed by atoms with Gasteiger partial charge in [0.05, 0.1) is 5.70 Å². The molecule has 0 unspecified atom stereocenters. The molecule has 0 fully saturated rings. The van der Waals surface area contributed by atoms with Crippen LogP contribution in [0.3, 0.4) is 0 Å². The van der Waals surface area contributed by atoms with Crippen LogP contribution in [0.15, 0.2) is 45.9 Å². The van der Waals surface area contributed by atoms with Crippen LogP contribution in [0, 0.1) is 0 Å². The molecule has 0 aromatic heterocycles. The van der Waals surface area contributed by atoms with Crippen molar-refractivity contribution in [1.29, 1.82) is 0 Å². The topological polar surface area (TPSA) is 82.9 Å². The van der Waals surface area contributed by atoms with E-state index in [9.17, 15) is 9.59 Å². The van der Waals surface area contributed by atoms with Crippen LogP contribution in [0.1, 0.15) is 13.8 Å². The molecule has 98 valence electrons. The molecule has 0 amide bonds. The predicted octanol–water partition coefficient (Wildman–Crippen LogP) is 1.29. The van der Waals surface area contributed by atoms with Gasteiger partial charge in [0.1, 0.15) is 5.70 Å². The van der Waals surface area contributed by atoms with Crippen LogP contribution >= 0.6 is 0 Å². The first kappa shape index (κ1) is 15.9. The van der Waals surface area contributed by atoms with E-state index in [1.807, 2.05) is 0 Å². The summed E-state index contributed by atoms with van der Waals surface area (Å²) < 4.78 is 0. The minimum absolute atomic E-state index is 0.199. The lowest BCUT2D eigenvalue weighted by atomic mass is 10.2. The van der Waals surface area contributed by atoms with E-state index in [2.05, 4.69) is 21.1 Å². The maximum atomic E-state index is 11.7. The molecule has 0 saturated heterocycles. The van der Waals surface area contributed by atoms with Crippen LogP contribution in [-0.2, 0) is 9.59 Å². The van der Waals surface area contributed by atoms with Crippen LogP contribution in [0.25, 0.3) is 0 Å². The van der Waals surface area contributed by atoms with Gasteiger partial charge in [-0.05, 0) is 26.0 Å². The quantitative estimate of drug-likeness (QED) is 0.405. The van der Waals surface area contributed by atoms with Crippen LogP contribution in [0.4, 0.5) is 0 Å². The zero-order valence-electron chi connectivity index (χ0n) is 11.0. The number of rotatable bonds is 7. The van der Waals surface area contributed by atoms with Crippen molar-refractivity contribution in [2.75, 3.05) is 14.1 Å². The Morgan fingerprint density at radius 1 is 1.06 bits per heavy atom. The highest BCUT2D eigenvalue weighted by Gasteiger charge is 2.07. The van der Waals surface area contributed by atoms with E-state index in [0.29, 0.717) is 5.70 Å². The minimum atomic E-state index is -0.364. The van der Waals surface area contributed by atoms with E-state index in [4.69, 9.17) is 0 Å². The van der Waals surface area contributed by atoms with Crippen molar-refractivity contribution in [1.82, 2.24) is 10.9 Å². The van der Waals surface area contributed by atoms with Gasteiger partial charge >= 0.3 is 0 Å². The van der Waals surface area contributed by atoms with E-state index in [1.165, 1.54) is 25.3 Å². The second-order valence-electron chi connectivity index (χ2n) is 3.11. The van der Waals surface area contributed by atoms with E-state index in [1.54, 1.807) is 27.0 Å². The summed E-state index contributed by atoms with van der Waals surface area (Å²) in [5, 5.41) is 7.17. The molecule has 0 bridgehead atoms. The van der Waals surface area contributed by atoms with Crippen molar-refractivity contribution in [3.8, 4) is 0 Å². The summed E-state index contributed by atoms with van der Waals surface area (Å²) in [6.07, 6.45) is 5.51. The van der Waals surface area contributed by atoms with Gasteiger partial charge in [-0.3, -0.25) is 9.59 Å². The van der Waals surface area contributed by atoms with Crippen LogP contribution in [0.5, 0.6) is 0 Å². The highest BCUT2D eigenvalue weighted by atomic mass is 16.1. The fraction of sp³-hybridized carbons (Fsp3) is 0.333. The van der Waals surface area contributed by atoms with E-state index in [-0.39, 0.29) is 17.3 Å². The molecule has 18 heavy (non-hydrogen) atoms. The molecule has 0 rings (SSSR count). The molecule has 0 aromatic carbocycles. The van der Waals surface area contributed by atoms with Crippen LogP contribution in [-0.4, -0.2) is 25.7 Å². The Kier molecular flexibility index (Phi) is 7.96. The fourth-order valence-corrected chi connectivity index (χ4v) is 1.09. The Morgan fingerprint density at radius 2 is 1.67 bits per heavy atom. The van der Waals surface area contributed by atoms with Gasteiger partial charge in [-0.2, -0.15) is 10.2 Å². The molecular formula is C12H18N4O2. The van der Waals surface area contributed by atoms with Gasteiger partial charge in [-0.25, -0.2) is 5.43 Å². The molecule has 0 atom stereocenters. The summed E-state index contributed by atoms with van der Waals surface area (Å²) in [7, 11) is 3.12. The number of carbonyl (C=O) groups excluding carboxylic acids is 2. The Balaban J connectivity index is 4.75. The lowest BCUT2D eigenvalue weighted by molar-refractivity contribution is -0.113. The summed E-state index contributed by atoms with van der Waals surface area (Å²) in [6.45, 7) is 3.40. The molecule has 0 saturated carbocycles. The minimum Gasteiger partial charge on any atom is -0.319 e. The first-order chi connectivity index (χ1) is 8.60. The third-order valence-corrected chi connectivity index (χ3v) is 1.93. The first-order valence-corrected chi connectivity index (χ1v) is 5.42. The van der Waals surface area contributed by atoms with Crippen molar-refractivity contribution >= 4 is 11.6 Å². The lowest BCUT2D eigenvalue weighted by Crippen LogP contribution is -2.30. The number of hydrogen-bond acceptors (Lipinski definition) is 6. The van der Waals surface area contributed by atoms with Gasteiger partial charge in [-0.1, -0.05) is 12.2 Å². The lowest BCUT2D eigenvalue weighted by Gasteiger charge is -2.04. The number of carbonyl (C=O) groups is 2. The van der Waals surface area contributed by atoms with Crippen molar-refractivity contribution in [2.24, 2.45) is 10.2 Å². The average molecular weight is 250 g/mol. The molecule has 6 heteroatoms. The molecule has 0 heterocycles. The SMILES string of the molecule is C/C=C(/N=NC)C(=O)C=CC(=O)/C(=C\C)NNC. The van der Waals surface area contributed by atoms with E-state index >= 15 is 0 Å². The second-order valence-corrected chi connectivity index (χ2v) is 3.11. The zero-order chi connectivity index (χ0) is 14.0. The summed E-state index contributed by atoms with van der Waals surface area (Å²) in [5.74, 6) is -0.666. The Hall–Kier alpha value is -2.08. The van der Waals surface area contributed by atoms with Crippen molar-refractivity contribution in [2.45, 2.75) is 13.8 Å². The normalized spacial score (nSPS) is 13.3. The van der Waals surface area contributed by atoms with E-state index in [0.717, 1.165) is 0 Å².